The number of nitrogens with one attached hydrogen (secondary N) is 1. The molecule has 1 atom stereocenters. The molecule has 1 fully saturated rings. The van der Waals surface area contributed by atoms with E-state index in [4.69, 9.17) is 21.1 Å². The Morgan fingerprint density at radius 2 is 2.40 bits per heavy atom. The summed E-state index contributed by atoms with van der Waals surface area (Å²) in [6, 6.07) is 5.72. The van der Waals surface area contributed by atoms with Crippen molar-refractivity contribution in [1.82, 2.24) is 5.32 Å². The van der Waals surface area contributed by atoms with Gasteiger partial charge in [0.15, 0.2) is 0 Å². The third kappa shape index (κ3) is 2.25. The van der Waals surface area contributed by atoms with E-state index in [9.17, 15) is 0 Å². The van der Waals surface area contributed by atoms with Gasteiger partial charge in [0.05, 0.1) is 24.8 Å². The van der Waals surface area contributed by atoms with Gasteiger partial charge in [0.2, 0.25) is 0 Å². The first kappa shape index (κ1) is 10.7. The van der Waals surface area contributed by atoms with Gasteiger partial charge in [-0.2, -0.15) is 0 Å². The van der Waals surface area contributed by atoms with Gasteiger partial charge in [-0.15, -0.1) is 0 Å². The molecule has 0 aromatic heterocycles. The molecule has 0 bridgehead atoms. The molecule has 1 aromatic rings. The average Bonchev–Trinajstić information content (AvgIpc) is 2.30. The molecule has 0 amide bonds. The topological polar surface area (TPSA) is 30.5 Å². The molecule has 15 heavy (non-hydrogen) atoms. The Hall–Kier alpha value is -0.770. The van der Waals surface area contributed by atoms with Gasteiger partial charge in [-0.3, -0.25) is 0 Å². The van der Waals surface area contributed by atoms with Crippen LogP contribution in [0, 0.1) is 0 Å². The van der Waals surface area contributed by atoms with E-state index in [1.54, 1.807) is 7.11 Å². The fourth-order valence-corrected chi connectivity index (χ4v) is 2.02. The Morgan fingerprint density at radius 1 is 1.53 bits per heavy atom. The second-order valence-corrected chi connectivity index (χ2v) is 3.83. The summed E-state index contributed by atoms with van der Waals surface area (Å²) in [5.74, 6) is 0.716. The highest BCUT2D eigenvalue weighted by Crippen LogP contribution is 2.34. The molecule has 0 spiro atoms. The number of halogens is 1. The van der Waals surface area contributed by atoms with E-state index in [2.05, 4.69) is 5.32 Å². The first-order valence-electron chi connectivity index (χ1n) is 4.97. The van der Waals surface area contributed by atoms with E-state index < -0.39 is 0 Å². The number of methoxy groups -OCH3 is 1. The first-order valence-corrected chi connectivity index (χ1v) is 5.35. The van der Waals surface area contributed by atoms with E-state index in [1.165, 1.54) is 0 Å². The highest BCUT2D eigenvalue weighted by molar-refractivity contribution is 6.32. The van der Waals surface area contributed by atoms with Gasteiger partial charge >= 0.3 is 0 Å². The molecule has 1 unspecified atom stereocenters. The van der Waals surface area contributed by atoms with Crippen LogP contribution in [0.15, 0.2) is 18.2 Å². The molecule has 3 nitrogen and oxygen atoms in total. The van der Waals surface area contributed by atoms with Crippen molar-refractivity contribution < 1.29 is 9.47 Å². The van der Waals surface area contributed by atoms with E-state index in [1.807, 2.05) is 18.2 Å². The number of hydrogen-bond donors (Lipinski definition) is 1. The predicted molar refractivity (Wildman–Crippen MR) is 59.6 cm³/mol. The van der Waals surface area contributed by atoms with Crippen LogP contribution in [0.3, 0.4) is 0 Å². The number of hydrogen-bond acceptors (Lipinski definition) is 3. The molecule has 1 N–H and O–H groups in total. The second kappa shape index (κ2) is 4.84. The minimum atomic E-state index is 0.0346. The lowest BCUT2D eigenvalue weighted by molar-refractivity contribution is 0.0263. The monoisotopic (exact) mass is 227 g/mol. The summed E-state index contributed by atoms with van der Waals surface area (Å²) < 4.78 is 10.9. The molecule has 2 rings (SSSR count). The van der Waals surface area contributed by atoms with Crippen molar-refractivity contribution >= 4 is 11.6 Å². The minimum Gasteiger partial charge on any atom is -0.495 e. The van der Waals surface area contributed by atoms with Gasteiger partial charge < -0.3 is 14.8 Å². The fourth-order valence-electron chi connectivity index (χ4n) is 1.76. The highest BCUT2D eigenvalue weighted by atomic mass is 35.5. The predicted octanol–water partition coefficient (Wildman–Crippen LogP) is 2.01. The van der Waals surface area contributed by atoms with Crippen molar-refractivity contribution in [3.8, 4) is 5.75 Å². The molecular weight excluding hydrogens is 214 g/mol. The van der Waals surface area contributed by atoms with Crippen LogP contribution in [-0.2, 0) is 4.74 Å². The zero-order valence-electron chi connectivity index (χ0n) is 8.63. The molecule has 1 aromatic carbocycles. The zero-order chi connectivity index (χ0) is 10.7. The number of para-hydroxylation sites is 1. The van der Waals surface area contributed by atoms with E-state index >= 15 is 0 Å². The summed E-state index contributed by atoms with van der Waals surface area (Å²) in [7, 11) is 1.63. The van der Waals surface area contributed by atoms with Gasteiger partial charge in [0.1, 0.15) is 5.75 Å². The van der Waals surface area contributed by atoms with E-state index in [0.717, 1.165) is 25.3 Å². The third-order valence-electron chi connectivity index (χ3n) is 2.48. The van der Waals surface area contributed by atoms with E-state index in [0.29, 0.717) is 10.8 Å². The number of rotatable bonds is 2. The first-order chi connectivity index (χ1) is 7.33. The highest BCUT2D eigenvalue weighted by Gasteiger charge is 2.20. The summed E-state index contributed by atoms with van der Waals surface area (Å²) in [6.07, 6.45) is 0.0346. The van der Waals surface area contributed by atoms with Crippen LogP contribution in [0.2, 0.25) is 5.02 Å². The van der Waals surface area contributed by atoms with E-state index in [-0.39, 0.29) is 6.10 Å². The van der Waals surface area contributed by atoms with Crippen LogP contribution >= 0.6 is 11.6 Å². The molecule has 0 aliphatic carbocycles. The van der Waals surface area contributed by atoms with Crippen molar-refractivity contribution in [1.29, 1.82) is 0 Å². The molecule has 1 heterocycles. The van der Waals surface area contributed by atoms with Crippen molar-refractivity contribution in [3.05, 3.63) is 28.8 Å². The maximum absolute atomic E-state index is 6.05. The van der Waals surface area contributed by atoms with Gasteiger partial charge in [0, 0.05) is 18.7 Å². The lowest BCUT2D eigenvalue weighted by atomic mass is 10.1. The molecular formula is C11H14ClNO2. The molecule has 0 radical (unpaired) electrons. The summed E-state index contributed by atoms with van der Waals surface area (Å²) in [6.45, 7) is 2.43. The summed E-state index contributed by atoms with van der Waals surface area (Å²) in [4.78, 5) is 0. The Balaban J connectivity index is 2.29. The second-order valence-electron chi connectivity index (χ2n) is 3.43. The Morgan fingerprint density at radius 3 is 3.07 bits per heavy atom. The Kier molecular flexibility index (Phi) is 3.46. The lowest BCUT2D eigenvalue weighted by Gasteiger charge is -2.25. The smallest absolute Gasteiger partial charge is 0.143 e. The molecule has 1 aliphatic rings. The summed E-state index contributed by atoms with van der Waals surface area (Å²) in [5, 5.41) is 3.91. The number of ether oxygens (including phenoxy) is 2. The number of benzene rings is 1. The van der Waals surface area contributed by atoms with Crippen LogP contribution in [0.25, 0.3) is 0 Å². The zero-order valence-corrected chi connectivity index (χ0v) is 9.38. The third-order valence-corrected chi connectivity index (χ3v) is 2.77. The molecule has 1 aliphatic heterocycles. The standard InChI is InChI=1S/C11H14ClNO2/c1-14-11-8(3-2-4-9(11)12)10-7-13-5-6-15-10/h2-4,10,13H,5-7H2,1H3. The van der Waals surface area contributed by atoms with Crippen LogP contribution < -0.4 is 10.1 Å². The van der Waals surface area contributed by atoms with Gasteiger partial charge in [-0.1, -0.05) is 23.7 Å². The molecule has 82 valence electrons. The van der Waals surface area contributed by atoms with Gasteiger partial charge in [-0.05, 0) is 6.07 Å². The molecule has 4 heteroatoms. The Bertz CT molecular complexity index is 337. The Labute approximate surface area is 94.3 Å². The van der Waals surface area contributed by atoms with Gasteiger partial charge in [-0.25, -0.2) is 0 Å². The SMILES string of the molecule is COc1c(Cl)cccc1C1CNCCO1. The van der Waals surface area contributed by atoms with Crippen LogP contribution in [0.4, 0.5) is 0 Å². The van der Waals surface area contributed by atoms with Gasteiger partial charge in [0.25, 0.3) is 0 Å². The maximum atomic E-state index is 6.05. The average molecular weight is 228 g/mol. The lowest BCUT2D eigenvalue weighted by Crippen LogP contribution is -2.33. The van der Waals surface area contributed by atoms with Crippen molar-refractivity contribution in [2.45, 2.75) is 6.10 Å². The molecule has 1 saturated heterocycles. The summed E-state index contributed by atoms with van der Waals surface area (Å²) >= 11 is 6.05. The molecule has 0 saturated carbocycles. The minimum absolute atomic E-state index is 0.0346. The van der Waals surface area contributed by atoms with Crippen molar-refractivity contribution in [3.63, 3.8) is 0 Å². The van der Waals surface area contributed by atoms with Crippen molar-refractivity contribution in [2.75, 3.05) is 26.8 Å². The van der Waals surface area contributed by atoms with Crippen molar-refractivity contribution in [2.24, 2.45) is 0 Å². The fraction of sp³-hybridized carbons (Fsp3) is 0.455. The summed E-state index contributed by atoms with van der Waals surface area (Å²) in [5.41, 5.74) is 1.01. The van der Waals surface area contributed by atoms with Crippen LogP contribution in [-0.4, -0.2) is 26.8 Å². The normalized spacial score (nSPS) is 21.3. The maximum Gasteiger partial charge on any atom is 0.143 e. The quantitative estimate of drug-likeness (QED) is 0.839. The van der Waals surface area contributed by atoms with Crippen LogP contribution in [0.5, 0.6) is 5.75 Å². The number of morpholine rings is 1. The van der Waals surface area contributed by atoms with Crippen LogP contribution in [0.1, 0.15) is 11.7 Å². The largest absolute Gasteiger partial charge is 0.495 e.